The van der Waals surface area contributed by atoms with Crippen molar-refractivity contribution in [3.8, 4) is 11.3 Å². The van der Waals surface area contributed by atoms with Gasteiger partial charge in [-0.15, -0.1) is 5.10 Å². The van der Waals surface area contributed by atoms with Gasteiger partial charge in [-0.3, -0.25) is 0 Å². The molecule has 0 bridgehead atoms. The quantitative estimate of drug-likeness (QED) is 0.723. The molecule has 23 heavy (non-hydrogen) atoms. The van der Waals surface area contributed by atoms with Crippen LogP contribution in [0.15, 0.2) is 30.5 Å². The van der Waals surface area contributed by atoms with Crippen LogP contribution in [0, 0.1) is 5.82 Å². The van der Waals surface area contributed by atoms with Crippen LogP contribution in [0.3, 0.4) is 0 Å². The minimum Gasteiger partial charge on any atom is -0.388 e. The van der Waals surface area contributed by atoms with Gasteiger partial charge in [-0.1, -0.05) is 25.2 Å². The van der Waals surface area contributed by atoms with Crippen LogP contribution in [0.2, 0.25) is 0 Å². The van der Waals surface area contributed by atoms with Crippen molar-refractivity contribution in [2.45, 2.75) is 32.3 Å². The molecule has 0 aliphatic carbocycles. The van der Waals surface area contributed by atoms with E-state index >= 15 is 0 Å². The lowest BCUT2D eigenvalue weighted by Gasteiger charge is -2.24. The summed E-state index contributed by atoms with van der Waals surface area (Å²) in [7, 11) is 0. The molecule has 5 nitrogen and oxygen atoms in total. The molecule has 0 aliphatic heterocycles. The Labute approximate surface area is 137 Å². The number of nitrogens with zero attached hydrogens (tertiary/aromatic N) is 3. The second-order valence-electron chi connectivity index (χ2n) is 5.55. The zero-order valence-electron chi connectivity index (χ0n) is 13.1. The number of benzene rings is 1. The summed E-state index contributed by atoms with van der Waals surface area (Å²) in [5.41, 5.74) is 0.895. The molecule has 1 aromatic carbocycles. The van der Waals surface area contributed by atoms with Crippen LogP contribution in [0.4, 0.5) is 9.52 Å². The monoisotopic (exact) mass is 334 g/mol. The van der Waals surface area contributed by atoms with Crippen LogP contribution in [0.1, 0.15) is 26.7 Å². The number of hydrogen-bond acceptors (Lipinski definition) is 5. The van der Waals surface area contributed by atoms with Gasteiger partial charge in [0.25, 0.3) is 0 Å². The third kappa shape index (κ3) is 3.35. The maximum atomic E-state index is 13.0. The van der Waals surface area contributed by atoms with Crippen molar-refractivity contribution >= 4 is 21.4 Å². The minimum atomic E-state index is -0.715. The van der Waals surface area contributed by atoms with Gasteiger partial charge in [-0.25, -0.2) is 13.9 Å². The van der Waals surface area contributed by atoms with Crippen LogP contribution in [-0.2, 0) is 0 Å². The standard InChI is InChI=1S/C16H19FN4OS/c1-3-16(22,4-2)10-18-14-20-21-9-13(19-15(21)23-14)11-5-7-12(17)8-6-11/h5-9,22H,3-4,10H2,1-2H3,(H,18,20). The summed E-state index contributed by atoms with van der Waals surface area (Å²) < 4.78 is 14.7. The SMILES string of the molecule is CCC(O)(CC)CNc1nn2cc(-c3ccc(F)cc3)nc2s1. The van der Waals surface area contributed by atoms with E-state index in [4.69, 9.17) is 0 Å². The average Bonchev–Trinajstić information content (AvgIpc) is 3.12. The lowest BCUT2D eigenvalue weighted by Crippen LogP contribution is -2.35. The maximum absolute atomic E-state index is 13.0. The van der Waals surface area contributed by atoms with E-state index in [0.717, 1.165) is 21.3 Å². The van der Waals surface area contributed by atoms with Crippen molar-refractivity contribution in [2.24, 2.45) is 0 Å². The third-order valence-corrected chi connectivity index (χ3v) is 4.95. The van der Waals surface area contributed by atoms with Gasteiger partial charge in [-0.05, 0) is 37.1 Å². The summed E-state index contributed by atoms with van der Waals surface area (Å²) in [5, 5.41) is 18.6. The molecule has 0 aliphatic rings. The first kappa shape index (κ1) is 15.9. The fraction of sp³-hybridized carbons (Fsp3) is 0.375. The first-order valence-corrected chi connectivity index (χ1v) is 8.43. The van der Waals surface area contributed by atoms with Crippen LogP contribution >= 0.6 is 11.3 Å². The van der Waals surface area contributed by atoms with Gasteiger partial charge >= 0.3 is 0 Å². The molecule has 3 rings (SSSR count). The second-order valence-corrected chi connectivity index (χ2v) is 6.51. The lowest BCUT2D eigenvalue weighted by atomic mass is 9.98. The van der Waals surface area contributed by atoms with Crippen molar-refractivity contribution in [1.29, 1.82) is 0 Å². The molecule has 7 heteroatoms. The average molecular weight is 334 g/mol. The van der Waals surface area contributed by atoms with E-state index in [1.54, 1.807) is 16.6 Å². The first-order valence-electron chi connectivity index (χ1n) is 7.61. The molecule has 0 radical (unpaired) electrons. The molecule has 0 atom stereocenters. The van der Waals surface area contributed by atoms with Crippen molar-refractivity contribution in [3.63, 3.8) is 0 Å². The highest BCUT2D eigenvalue weighted by Crippen LogP contribution is 2.25. The smallest absolute Gasteiger partial charge is 0.214 e. The summed E-state index contributed by atoms with van der Waals surface area (Å²) in [6.07, 6.45) is 3.19. The molecule has 2 heterocycles. The van der Waals surface area contributed by atoms with Crippen LogP contribution in [0.5, 0.6) is 0 Å². The van der Waals surface area contributed by atoms with E-state index in [-0.39, 0.29) is 5.82 Å². The fourth-order valence-corrected chi connectivity index (χ4v) is 3.05. The number of fused-ring (bicyclic) bond motifs is 1. The highest BCUT2D eigenvalue weighted by molar-refractivity contribution is 7.20. The Morgan fingerprint density at radius 2 is 1.96 bits per heavy atom. The number of imidazole rings is 1. The molecule has 0 saturated heterocycles. The zero-order chi connectivity index (χ0) is 16.4. The lowest BCUT2D eigenvalue weighted by molar-refractivity contribution is 0.0457. The largest absolute Gasteiger partial charge is 0.388 e. The molecule has 122 valence electrons. The Morgan fingerprint density at radius 3 is 2.57 bits per heavy atom. The van der Waals surface area contributed by atoms with Crippen LogP contribution in [-0.4, -0.2) is 31.9 Å². The Bertz CT molecular complexity index is 761. The Balaban J connectivity index is 1.77. The molecule has 2 N–H and O–H groups in total. The molecule has 0 fully saturated rings. The molecular formula is C16H19FN4OS. The fourth-order valence-electron chi connectivity index (χ4n) is 2.27. The summed E-state index contributed by atoms with van der Waals surface area (Å²) in [5.74, 6) is -0.265. The molecular weight excluding hydrogens is 315 g/mol. The van der Waals surface area contributed by atoms with Crippen LogP contribution < -0.4 is 5.32 Å². The third-order valence-electron chi connectivity index (χ3n) is 4.07. The number of aromatic nitrogens is 3. The summed E-state index contributed by atoms with van der Waals surface area (Å²) in [6.45, 7) is 4.39. The molecule has 0 saturated carbocycles. The van der Waals surface area contributed by atoms with E-state index in [2.05, 4.69) is 15.4 Å². The Morgan fingerprint density at radius 1 is 1.26 bits per heavy atom. The van der Waals surface area contributed by atoms with Gasteiger partial charge in [0.05, 0.1) is 17.5 Å². The van der Waals surface area contributed by atoms with Crippen molar-refractivity contribution in [1.82, 2.24) is 14.6 Å². The minimum absolute atomic E-state index is 0.265. The van der Waals surface area contributed by atoms with Crippen molar-refractivity contribution < 1.29 is 9.50 Å². The van der Waals surface area contributed by atoms with E-state index in [0.29, 0.717) is 19.4 Å². The van der Waals surface area contributed by atoms with Crippen LogP contribution in [0.25, 0.3) is 16.2 Å². The van der Waals surface area contributed by atoms with Gasteiger partial charge < -0.3 is 10.4 Å². The topological polar surface area (TPSA) is 62.5 Å². The Kier molecular flexibility index (Phi) is 4.32. The number of aliphatic hydroxyl groups is 1. The number of halogens is 1. The van der Waals surface area contributed by atoms with Crippen molar-refractivity contribution in [3.05, 3.63) is 36.3 Å². The highest BCUT2D eigenvalue weighted by Gasteiger charge is 2.22. The zero-order valence-corrected chi connectivity index (χ0v) is 13.9. The first-order chi connectivity index (χ1) is 11.0. The van der Waals surface area contributed by atoms with Crippen molar-refractivity contribution in [2.75, 3.05) is 11.9 Å². The van der Waals surface area contributed by atoms with Gasteiger partial charge in [0, 0.05) is 12.1 Å². The Hall–Kier alpha value is -1.99. The number of hydrogen-bond donors (Lipinski definition) is 2. The normalized spacial score (nSPS) is 12.0. The predicted octanol–water partition coefficient (Wildman–Crippen LogP) is 3.56. The van der Waals surface area contributed by atoms with Gasteiger partial charge in [0.1, 0.15) is 5.82 Å². The molecule has 2 aromatic heterocycles. The molecule has 0 spiro atoms. The molecule has 3 aromatic rings. The van der Waals surface area contributed by atoms with Gasteiger partial charge in [-0.2, -0.15) is 0 Å². The summed E-state index contributed by atoms with van der Waals surface area (Å²) >= 11 is 1.42. The number of nitrogens with one attached hydrogen (secondary N) is 1. The predicted molar refractivity (Wildman–Crippen MR) is 90.3 cm³/mol. The van der Waals surface area contributed by atoms with E-state index in [1.165, 1.54) is 23.5 Å². The van der Waals surface area contributed by atoms with E-state index in [1.807, 2.05) is 20.0 Å². The van der Waals surface area contributed by atoms with E-state index in [9.17, 15) is 9.50 Å². The molecule has 0 amide bonds. The summed E-state index contributed by atoms with van der Waals surface area (Å²) in [6, 6.07) is 6.23. The van der Waals surface area contributed by atoms with E-state index < -0.39 is 5.60 Å². The second kappa shape index (κ2) is 6.25. The highest BCUT2D eigenvalue weighted by atomic mass is 32.1. The molecule has 0 unspecified atom stereocenters. The maximum Gasteiger partial charge on any atom is 0.214 e. The summed E-state index contributed by atoms with van der Waals surface area (Å²) in [4.78, 5) is 5.27. The van der Waals surface area contributed by atoms with Gasteiger partial charge in [0.2, 0.25) is 10.1 Å². The number of rotatable bonds is 6. The van der Waals surface area contributed by atoms with Gasteiger partial charge in [0.15, 0.2) is 0 Å². The number of anilines is 1.